The molecule has 0 aliphatic carbocycles. The van der Waals surface area contributed by atoms with Gasteiger partial charge in [0.05, 0.1) is 6.21 Å². The molecule has 5 heteroatoms. The second kappa shape index (κ2) is 7.59. The zero-order chi connectivity index (χ0) is 15.1. The summed E-state index contributed by atoms with van der Waals surface area (Å²) in [4.78, 5) is 0. The number of aryl methyl sites for hydroxylation is 1. The third-order valence-electron chi connectivity index (χ3n) is 2.84. The van der Waals surface area contributed by atoms with Crippen LogP contribution in [0.1, 0.15) is 16.7 Å². The largest absolute Gasteiger partial charge is 0.377 e. The Morgan fingerprint density at radius 1 is 1.19 bits per heavy atom. The molecule has 0 fully saturated rings. The zero-order valence-corrected chi connectivity index (χ0v) is 12.5. The summed E-state index contributed by atoms with van der Waals surface area (Å²) in [5.74, 6) is 0.411. The summed E-state index contributed by atoms with van der Waals surface area (Å²) in [5, 5.41) is 8.08. The highest BCUT2D eigenvalue weighted by Crippen LogP contribution is 2.12. The number of hydrogen-bond acceptors (Lipinski definition) is 3. The van der Waals surface area contributed by atoms with Crippen LogP contribution in [-0.2, 0) is 5.75 Å². The minimum atomic E-state index is -0.315. The molecular weight excluding hydrogens is 285 g/mol. The fourth-order valence-corrected chi connectivity index (χ4v) is 2.32. The molecule has 0 unspecified atom stereocenters. The van der Waals surface area contributed by atoms with Gasteiger partial charge in [-0.05, 0) is 24.1 Å². The fraction of sp³-hybridized carbons (Fsp3) is 0.125. The second-order valence-corrected chi connectivity index (χ2v) is 5.42. The van der Waals surface area contributed by atoms with E-state index in [-0.39, 0.29) is 5.82 Å². The van der Waals surface area contributed by atoms with Crippen LogP contribution in [0, 0.1) is 12.7 Å². The summed E-state index contributed by atoms with van der Waals surface area (Å²) in [5.41, 5.74) is 8.17. The number of benzene rings is 2. The van der Waals surface area contributed by atoms with Crippen molar-refractivity contribution < 1.29 is 4.39 Å². The van der Waals surface area contributed by atoms with Crippen molar-refractivity contribution in [3.05, 3.63) is 71.0 Å². The second-order valence-electron chi connectivity index (χ2n) is 4.43. The van der Waals surface area contributed by atoms with E-state index in [1.165, 1.54) is 24.0 Å². The van der Waals surface area contributed by atoms with Gasteiger partial charge in [-0.25, -0.2) is 4.39 Å². The Morgan fingerprint density at radius 3 is 2.67 bits per heavy atom. The monoisotopic (exact) mass is 301 g/mol. The van der Waals surface area contributed by atoms with Crippen molar-refractivity contribution in [2.45, 2.75) is 12.7 Å². The van der Waals surface area contributed by atoms with Gasteiger partial charge in [-0.3, -0.25) is 0 Å². The van der Waals surface area contributed by atoms with Gasteiger partial charge in [-0.2, -0.15) is 5.10 Å². The maximum absolute atomic E-state index is 13.6. The Hall–Kier alpha value is -2.14. The lowest BCUT2D eigenvalue weighted by Gasteiger charge is -2.00. The van der Waals surface area contributed by atoms with E-state index >= 15 is 0 Å². The quantitative estimate of drug-likeness (QED) is 0.531. The summed E-state index contributed by atoms with van der Waals surface area (Å²) in [6.07, 6.45) is 1.39. The number of rotatable bonds is 4. The molecule has 0 saturated carbocycles. The number of amidine groups is 1. The molecule has 2 aromatic rings. The van der Waals surface area contributed by atoms with Gasteiger partial charge in [0.25, 0.3) is 0 Å². The smallest absolute Gasteiger partial charge is 0.180 e. The minimum absolute atomic E-state index is 0.315. The Bertz CT molecular complexity index is 634. The van der Waals surface area contributed by atoms with Crippen molar-refractivity contribution in [3.8, 4) is 0 Å². The highest BCUT2D eigenvalue weighted by Gasteiger charge is 2.01. The Balaban J connectivity index is 1.95. The SMILES string of the molecule is Cc1cccc(F)c1C=NN=C(N)SCc1ccccc1. The van der Waals surface area contributed by atoms with Gasteiger partial charge in [0.15, 0.2) is 5.17 Å². The molecule has 2 N–H and O–H groups in total. The molecule has 0 aromatic heterocycles. The molecule has 0 amide bonds. The standard InChI is InChI=1S/C16H16FN3S/c1-12-6-5-9-15(17)14(12)10-19-20-16(18)21-11-13-7-3-2-4-8-13/h2-10H,11H2,1H3,(H2,18,20). The lowest BCUT2D eigenvalue weighted by Crippen LogP contribution is -2.06. The normalized spacial score (nSPS) is 12.0. The summed E-state index contributed by atoms with van der Waals surface area (Å²) in [7, 11) is 0. The maximum Gasteiger partial charge on any atom is 0.180 e. The van der Waals surface area contributed by atoms with Crippen LogP contribution in [0.2, 0.25) is 0 Å². The van der Waals surface area contributed by atoms with Gasteiger partial charge < -0.3 is 5.73 Å². The first-order valence-electron chi connectivity index (χ1n) is 6.45. The molecular formula is C16H16FN3S. The molecule has 2 rings (SSSR count). The topological polar surface area (TPSA) is 50.7 Å². The van der Waals surface area contributed by atoms with Crippen LogP contribution in [0.25, 0.3) is 0 Å². The summed E-state index contributed by atoms with van der Waals surface area (Å²) < 4.78 is 13.6. The van der Waals surface area contributed by atoms with E-state index in [0.29, 0.717) is 10.7 Å². The van der Waals surface area contributed by atoms with Crippen LogP contribution in [0.5, 0.6) is 0 Å². The zero-order valence-electron chi connectivity index (χ0n) is 11.7. The number of nitrogens with zero attached hydrogens (tertiary/aromatic N) is 2. The van der Waals surface area contributed by atoms with Gasteiger partial charge in [-0.1, -0.05) is 54.2 Å². The summed E-state index contributed by atoms with van der Waals surface area (Å²) in [6, 6.07) is 14.8. The minimum Gasteiger partial charge on any atom is -0.377 e. The van der Waals surface area contributed by atoms with E-state index in [0.717, 1.165) is 16.9 Å². The molecule has 0 spiro atoms. The molecule has 21 heavy (non-hydrogen) atoms. The van der Waals surface area contributed by atoms with Crippen molar-refractivity contribution >= 4 is 23.1 Å². The van der Waals surface area contributed by atoms with Crippen LogP contribution in [0.4, 0.5) is 4.39 Å². The molecule has 0 radical (unpaired) electrons. The van der Waals surface area contributed by atoms with Crippen molar-refractivity contribution in [3.63, 3.8) is 0 Å². The number of nitrogens with two attached hydrogens (primary N) is 1. The van der Waals surface area contributed by atoms with E-state index in [9.17, 15) is 4.39 Å². The predicted molar refractivity (Wildman–Crippen MR) is 88.1 cm³/mol. The predicted octanol–water partition coefficient (Wildman–Crippen LogP) is 3.72. The molecule has 3 nitrogen and oxygen atoms in total. The average Bonchev–Trinajstić information content (AvgIpc) is 2.49. The summed E-state index contributed by atoms with van der Waals surface area (Å²) in [6.45, 7) is 1.82. The van der Waals surface area contributed by atoms with Crippen LogP contribution in [0.3, 0.4) is 0 Å². The Kier molecular flexibility index (Phi) is 5.51. The molecule has 2 aromatic carbocycles. The number of thioether (sulfide) groups is 1. The molecule has 108 valence electrons. The maximum atomic E-state index is 13.6. The first-order valence-corrected chi connectivity index (χ1v) is 7.43. The Morgan fingerprint density at radius 2 is 1.95 bits per heavy atom. The lowest BCUT2D eigenvalue weighted by molar-refractivity contribution is 0.624. The van der Waals surface area contributed by atoms with Crippen molar-refractivity contribution in [1.82, 2.24) is 0 Å². The van der Waals surface area contributed by atoms with Gasteiger partial charge in [0.2, 0.25) is 0 Å². The number of hydrogen-bond donors (Lipinski definition) is 1. The van der Waals surface area contributed by atoms with E-state index in [2.05, 4.69) is 10.2 Å². The highest BCUT2D eigenvalue weighted by atomic mass is 32.2. The van der Waals surface area contributed by atoms with Crippen LogP contribution >= 0.6 is 11.8 Å². The fourth-order valence-electron chi connectivity index (χ4n) is 1.71. The molecule has 0 heterocycles. The summed E-state index contributed by atoms with van der Waals surface area (Å²) >= 11 is 1.39. The van der Waals surface area contributed by atoms with E-state index in [1.807, 2.05) is 43.3 Å². The molecule has 0 aliphatic rings. The first-order chi connectivity index (χ1) is 10.2. The van der Waals surface area contributed by atoms with Gasteiger partial charge >= 0.3 is 0 Å². The average molecular weight is 301 g/mol. The van der Waals surface area contributed by atoms with E-state index in [4.69, 9.17) is 5.73 Å². The van der Waals surface area contributed by atoms with Crippen molar-refractivity contribution in [1.29, 1.82) is 0 Å². The van der Waals surface area contributed by atoms with Crippen LogP contribution < -0.4 is 5.73 Å². The van der Waals surface area contributed by atoms with E-state index < -0.39 is 0 Å². The van der Waals surface area contributed by atoms with Gasteiger partial charge in [0.1, 0.15) is 5.82 Å². The third kappa shape index (κ3) is 4.72. The molecule has 0 bridgehead atoms. The number of halogens is 1. The first kappa shape index (κ1) is 15.3. The molecule has 0 saturated heterocycles. The van der Waals surface area contributed by atoms with Gasteiger partial charge in [0, 0.05) is 11.3 Å². The molecule has 0 aliphatic heterocycles. The van der Waals surface area contributed by atoms with Crippen LogP contribution in [-0.4, -0.2) is 11.4 Å². The highest BCUT2D eigenvalue weighted by molar-refractivity contribution is 8.13. The lowest BCUT2D eigenvalue weighted by atomic mass is 10.1. The molecule has 0 atom stereocenters. The van der Waals surface area contributed by atoms with E-state index in [1.54, 1.807) is 6.07 Å². The van der Waals surface area contributed by atoms with Gasteiger partial charge in [-0.15, -0.1) is 5.10 Å². The van der Waals surface area contributed by atoms with Crippen molar-refractivity contribution in [2.24, 2.45) is 15.9 Å². The van der Waals surface area contributed by atoms with Crippen molar-refractivity contribution in [2.75, 3.05) is 0 Å². The van der Waals surface area contributed by atoms with Crippen LogP contribution in [0.15, 0.2) is 58.7 Å². The third-order valence-corrected chi connectivity index (χ3v) is 3.70. The Labute approximate surface area is 127 Å².